The molecule has 0 radical (unpaired) electrons. The van der Waals surface area contributed by atoms with Gasteiger partial charge in [0.2, 0.25) is 0 Å². The van der Waals surface area contributed by atoms with Crippen molar-refractivity contribution in [2.45, 2.75) is 32.0 Å². The highest BCUT2D eigenvalue weighted by Gasteiger charge is 2.36. The molecular weight excluding hydrogens is 469 g/mol. The number of hydrogen-bond donors (Lipinski definition) is 0. The van der Waals surface area contributed by atoms with E-state index in [2.05, 4.69) is 10.1 Å². The first-order chi connectivity index (χ1) is 17.2. The fraction of sp³-hybridized carbons (Fsp3) is 0.222. The fourth-order valence-electron chi connectivity index (χ4n) is 4.16. The van der Waals surface area contributed by atoms with Gasteiger partial charge in [0.25, 0.3) is 5.91 Å². The van der Waals surface area contributed by atoms with E-state index in [-0.39, 0.29) is 23.1 Å². The lowest BCUT2D eigenvalue weighted by Crippen LogP contribution is -2.35. The predicted molar refractivity (Wildman–Crippen MR) is 130 cm³/mol. The van der Waals surface area contributed by atoms with Crippen molar-refractivity contribution in [1.29, 1.82) is 0 Å². The van der Waals surface area contributed by atoms with Gasteiger partial charge in [-0.25, -0.2) is 9.50 Å². The number of amides is 1. The molecule has 0 spiro atoms. The lowest BCUT2D eigenvalue weighted by molar-refractivity contribution is -0.142. The summed E-state index contributed by atoms with van der Waals surface area (Å²) in [7, 11) is 1.61. The first kappa shape index (κ1) is 23.6. The zero-order chi connectivity index (χ0) is 25.4. The molecule has 6 nitrogen and oxygen atoms in total. The van der Waals surface area contributed by atoms with E-state index in [1.165, 1.54) is 11.0 Å². The van der Waals surface area contributed by atoms with Crippen molar-refractivity contribution in [2.24, 2.45) is 0 Å². The van der Waals surface area contributed by atoms with Gasteiger partial charge in [-0.05, 0) is 48.4 Å². The normalized spacial score (nSPS) is 12.8. The van der Waals surface area contributed by atoms with Crippen LogP contribution in [0, 0.1) is 0 Å². The van der Waals surface area contributed by atoms with Crippen molar-refractivity contribution in [3.8, 4) is 11.3 Å². The topological polar surface area (TPSA) is 63.6 Å². The number of alkyl halides is 3. The Morgan fingerprint density at radius 3 is 2.56 bits per heavy atom. The van der Waals surface area contributed by atoms with E-state index in [0.717, 1.165) is 22.6 Å². The van der Waals surface area contributed by atoms with Crippen LogP contribution in [0.1, 0.15) is 35.3 Å². The number of benzene rings is 2. The Balaban J connectivity index is 1.49. The Morgan fingerprint density at radius 2 is 1.83 bits per heavy atom. The summed E-state index contributed by atoms with van der Waals surface area (Å²) >= 11 is 0. The molecule has 3 heterocycles. The zero-order valence-electron chi connectivity index (χ0n) is 19.7. The standard InChI is InChI=1S/C27H23F3N4O2/c1-17(9-12-21-8-5-13-36-21)33(2)26(35)23-16-25-31-22(15-24(27(28,29)30)34(25)32-23)20-11-10-18-6-3-4-7-19(18)14-20/h3-8,10-11,13-17H,9,12H2,1-2H3. The quantitative estimate of drug-likeness (QED) is 0.281. The van der Waals surface area contributed by atoms with Crippen molar-refractivity contribution in [2.75, 3.05) is 7.05 Å². The smallest absolute Gasteiger partial charge is 0.433 e. The number of hydrogen-bond acceptors (Lipinski definition) is 4. The van der Waals surface area contributed by atoms with Crippen molar-refractivity contribution < 1.29 is 22.4 Å². The number of aromatic nitrogens is 3. The first-order valence-electron chi connectivity index (χ1n) is 11.5. The predicted octanol–water partition coefficient (Wildman–Crippen LogP) is 6.25. The molecule has 0 saturated heterocycles. The highest BCUT2D eigenvalue weighted by atomic mass is 19.4. The maximum atomic E-state index is 14.0. The molecule has 184 valence electrons. The zero-order valence-corrected chi connectivity index (χ0v) is 19.7. The Hall–Kier alpha value is -4.14. The van der Waals surface area contributed by atoms with E-state index in [1.807, 2.05) is 43.3 Å². The van der Waals surface area contributed by atoms with Crippen molar-refractivity contribution in [3.63, 3.8) is 0 Å². The first-order valence-corrected chi connectivity index (χ1v) is 11.5. The number of carbonyl (C=O) groups is 1. The van der Waals surface area contributed by atoms with Gasteiger partial charge in [-0.2, -0.15) is 18.3 Å². The van der Waals surface area contributed by atoms with Crippen LogP contribution in [0.15, 0.2) is 77.4 Å². The highest BCUT2D eigenvalue weighted by Crippen LogP contribution is 2.33. The monoisotopic (exact) mass is 492 g/mol. The number of carbonyl (C=O) groups excluding carboxylic acids is 1. The summed E-state index contributed by atoms with van der Waals surface area (Å²) in [5.41, 5.74) is -0.452. The molecule has 36 heavy (non-hydrogen) atoms. The Kier molecular flexibility index (Phi) is 5.99. The van der Waals surface area contributed by atoms with Gasteiger partial charge in [0.05, 0.1) is 12.0 Å². The molecule has 1 unspecified atom stereocenters. The van der Waals surface area contributed by atoms with E-state index in [4.69, 9.17) is 4.42 Å². The van der Waals surface area contributed by atoms with Gasteiger partial charge in [0.1, 0.15) is 5.76 Å². The van der Waals surface area contributed by atoms with Crippen LogP contribution in [0.5, 0.6) is 0 Å². The molecule has 0 N–H and O–H groups in total. The minimum Gasteiger partial charge on any atom is -0.469 e. The van der Waals surface area contributed by atoms with Gasteiger partial charge >= 0.3 is 6.18 Å². The number of nitrogens with zero attached hydrogens (tertiary/aromatic N) is 4. The van der Waals surface area contributed by atoms with Gasteiger partial charge in [-0.15, -0.1) is 0 Å². The third-order valence-corrected chi connectivity index (χ3v) is 6.35. The summed E-state index contributed by atoms with van der Waals surface area (Å²) in [6, 6.07) is 18.7. The van der Waals surface area contributed by atoms with Crippen molar-refractivity contribution in [3.05, 3.63) is 90.1 Å². The summed E-state index contributed by atoms with van der Waals surface area (Å²) in [5, 5.41) is 5.86. The van der Waals surface area contributed by atoms with Gasteiger partial charge in [-0.1, -0.05) is 36.4 Å². The fourth-order valence-corrected chi connectivity index (χ4v) is 4.16. The molecule has 0 aliphatic rings. The molecule has 0 saturated carbocycles. The number of aryl methyl sites for hydroxylation is 1. The van der Waals surface area contributed by atoms with Crippen LogP contribution >= 0.6 is 0 Å². The molecule has 2 aromatic carbocycles. The second-order valence-electron chi connectivity index (χ2n) is 8.77. The number of fused-ring (bicyclic) bond motifs is 2. The maximum Gasteiger partial charge on any atom is 0.433 e. The molecule has 1 atom stereocenters. The van der Waals surface area contributed by atoms with E-state index in [9.17, 15) is 18.0 Å². The third kappa shape index (κ3) is 4.56. The SMILES string of the molecule is CC(CCc1ccco1)N(C)C(=O)c1cc2nc(-c3ccc4ccccc4c3)cc(C(F)(F)F)n2n1. The minimum atomic E-state index is -4.69. The second-order valence-corrected chi connectivity index (χ2v) is 8.77. The summed E-state index contributed by atoms with van der Waals surface area (Å²) < 4.78 is 48.0. The molecule has 0 fully saturated rings. The van der Waals surface area contributed by atoms with Crippen LogP contribution in [-0.2, 0) is 12.6 Å². The minimum absolute atomic E-state index is 0.0482. The van der Waals surface area contributed by atoms with Crippen LogP contribution in [0.3, 0.4) is 0 Å². The molecule has 3 aromatic heterocycles. The summed E-state index contributed by atoms with van der Waals surface area (Å²) in [5.74, 6) is 0.323. The van der Waals surface area contributed by atoms with E-state index < -0.39 is 17.8 Å². The van der Waals surface area contributed by atoms with Crippen molar-refractivity contribution in [1.82, 2.24) is 19.5 Å². The average Bonchev–Trinajstić information content (AvgIpc) is 3.54. The summed E-state index contributed by atoms with van der Waals surface area (Å²) in [6.07, 6.45) is -1.85. The van der Waals surface area contributed by atoms with Crippen LogP contribution < -0.4 is 0 Å². The van der Waals surface area contributed by atoms with E-state index in [0.29, 0.717) is 22.9 Å². The Bertz CT molecular complexity index is 1540. The molecule has 9 heteroatoms. The molecule has 0 bridgehead atoms. The van der Waals surface area contributed by atoms with Gasteiger partial charge in [-0.3, -0.25) is 4.79 Å². The van der Waals surface area contributed by atoms with Gasteiger partial charge in [0, 0.05) is 31.1 Å². The lowest BCUT2D eigenvalue weighted by atomic mass is 10.0. The average molecular weight is 493 g/mol. The molecule has 5 aromatic rings. The van der Waals surface area contributed by atoms with E-state index >= 15 is 0 Å². The van der Waals surface area contributed by atoms with Crippen LogP contribution in [-0.4, -0.2) is 38.5 Å². The number of furan rings is 1. The van der Waals surface area contributed by atoms with Crippen molar-refractivity contribution >= 4 is 22.3 Å². The van der Waals surface area contributed by atoms with Crippen LogP contribution in [0.2, 0.25) is 0 Å². The highest BCUT2D eigenvalue weighted by molar-refractivity contribution is 5.93. The molecule has 5 rings (SSSR count). The Morgan fingerprint density at radius 1 is 1.06 bits per heavy atom. The maximum absolute atomic E-state index is 14.0. The number of halogens is 3. The van der Waals surface area contributed by atoms with E-state index in [1.54, 1.807) is 31.5 Å². The van der Waals surface area contributed by atoms with Crippen LogP contribution in [0.25, 0.3) is 27.7 Å². The third-order valence-electron chi connectivity index (χ3n) is 6.35. The van der Waals surface area contributed by atoms with Gasteiger partial charge < -0.3 is 9.32 Å². The molecule has 0 aliphatic carbocycles. The molecular formula is C27H23F3N4O2. The number of rotatable bonds is 6. The second kappa shape index (κ2) is 9.14. The molecule has 0 aliphatic heterocycles. The molecule has 1 amide bonds. The van der Waals surface area contributed by atoms with Crippen LogP contribution in [0.4, 0.5) is 13.2 Å². The Labute approximate surface area is 205 Å². The summed E-state index contributed by atoms with van der Waals surface area (Å²) in [6.45, 7) is 1.87. The van der Waals surface area contributed by atoms with Gasteiger partial charge in [0.15, 0.2) is 17.0 Å². The summed E-state index contributed by atoms with van der Waals surface area (Å²) in [4.78, 5) is 19.0. The largest absolute Gasteiger partial charge is 0.469 e. The lowest BCUT2D eigenvalue weighted by Gasteiger charge is -2.23.